The summed E-state index contributed by atoms with van der Waals surface area (Å²) >= 11 is 0. The summed E-state index contributed by atoms with van der Waals surface area (Å²) < 4.78 is 8.97. The van der Waals surface area contributed by atoms with Crippen LogP contribution in [0.15, 0.2) is 45.9 Å². The lowest BCUT2D eigenvalue weighted by Gasteiger charge is -2.06. The second-order valence-electron chi connectivity index (χ2n) is 6.72. The van der Waals surface area contributed by atoms with Crippen LogP contribution in [0.2, 0.25) is 0 Å². The van der Waals surface area contributed by atoms with Gasteiger partial charge >= 0.3 is 0 Å². The Hall–Kier alpha value is -3.68. The lowest BCUT2D eigenvalue weighted by molar-refractivity contribution is 0.542. The van der Waals surface area contributed by atoms with E-state index in [0.29, 0.717) is 34.2 Å². The lowest BCUT2D eigenvalue weighted by Crippen LogP contribution is -2.14. The molecule has 1 aromatic carbocycles. The van der Waals surface area contributed by atoms with Crippen LogP contribution in [0.3, 0.4) is 0 Å². The topological polar surface area (TPSA) is 94.0 Å². The molecule has 0 unspecified atom stereocenters. The molecule has 4 heterocycles. The van der Waals surface area contributed by atoms with Gasteiger partial charge in [0.05, 0.1) is 29.3 Å². The molecule has 0 aliphatic rings. The molecule has 0 radical (unpaired) electrons. The third-order valence-electron chi connectivity index (χ3n) is 4.90. The van der Waals surface area contributed by atoms with Gasteiger partial charge in [-0.2, -0.15) is 14.7 Å². The number of fused-ring (bicyclic) bond motifs is 2. The number of nitrogens with one attached hydrogen (secondary N) is 1. The van der Waals surface area contributed by atoms with Crippen LogP contribution in [0.4, 0.5) is 0 Å². The van der Waals surface area contributed by atoms with Crippen LogP contribution in [0, 0.1) is 13.8 Å². The lowest BCUT2D eigenvalue weighted by atomic mass is 10.1. The maximum absolute atomic E-state index is 12.8. The zero-order valence-corrected chi connectivity index (χ0v) is 15.7. The van der Waals surface area contributed by atoms with Crippen molar-refractivity contribution in [2.45, 2.75) is 27.3 Å². The van der Waals surface area contributed by atoms with Crippen LogP contribution in [-0.4, -0.2) is 29.4 Å². The van der Waals surface area contributed by atoms with E-state index in [1.165, 1.54) is 4.52 Å². The van der Waals surface area contributed by atoms with Gasteiger partial charge in [-0.3, -0.25) is 9.48 Å². The second kappa shape index (κ2) is 5.91. The van der Waals surface area contributed by atoms with E-state index >= 15 is 0 Å². The van der Waals surface area contributed by atoms with E-state index in [0.717, 1.165) is 23.0 Å². The summed E-state index contributed by atoms with van der Waals surface area (Å²) in [5.41, 5.74) is 4.32. The van der Waals surface area contributed by atoms with Gasteiger partial charge in [-0.15, -0.1) is 0 Å². The molecule has 28 heavy (non-hydrogen) atoms. The first kappa shape index (κ1) is 16.5. The van der Waals surface area contributed by atoms with Crippen molar-refractivity contribution in [2.75, 3.05) is 0 Å². The molecule has 5 rings (SSSR count). The van der Waals surface area contributed by atoms with Crippen molar-refractivity contribution >= 4 is 16.6 Å². The molecule has 4 aromatic heterocycles. The molecule has 0 saturated carbocycles. The van der Waals surface area contributed by atoms with Crippen molar-refractivity contribution in [1.82, 2.24) is 29.4 Å². The van der Waals surface area contributed by atoms with Crippen LogP contribution >= 0.6 is 0 Å². The zero-order chi connectivity index (χ0) is 19.4. The molecule has 8 heteroatoms. The number of hydrogen-bond acceptors (Lipinski definition) is 5. The van der Waals surface area contributed by atoms with Gasteiger partial charge < -0.3 is 9.40 Å². The smallest absolute Gasteiger partial charge is 0.274 e. The first-order valence-corrected chi connectivity index (χ1v) is 9.07. The molecule has 0 saturated heterocycles. The van der Waals surface area contributed by atoms with Gasteiger partial charge in [0.2, 0.25) is 5.89 Å². The number of aromatic nitrogens is 6. The Labute approximate surface area is 159 Å². The number of aromatic amines is 1. The Morgan fingerprint density at radius 2 is 2.07 bits per heavy atom. The largest absolute Gasteiger partial charge is 0.441 e. The molecule has 0 aliphatic heterocycles. The van der Waals surface area contributed by atoms with Gasteiger partial charge in [-0.25, -0.2) is 4.98 Å². The third-order valence-corrected chi connectivity index (χ3v) is 4.90. The molecule has 0 amide bonds. The van der Waals surface area contributed by atoms with Gasteiger partial charge in [0.1, 0.15) is 11.3 Å². The van der Waals surface area contributed by atoms with E-state index in [1.54, 1.807) is 12.3 Å². The van der Waals surface area contributed by atoms with E-state index in [4.69, 9.17) is 4.42 Å². The van der Waals surface area contributed by atoms with Gasteiger partial charge in [0, 0.05) is 23.6 Å². The highest BCUT2D eigenvalue weighted by atomic mass is 16.4. The number of oxazole rings is 1. The van der Waals surface area contributed by atoms with Crippen molar-refractivity contribution in [3.05, 3.63) is 58.5 Å². The average molecular weight is 374 g/mol. The van der Waals surface area contributed by atoms with Crippen LogP contribution in [-0.2, 0) is 6.54 Å². The third kappa shape index (κ3) is 2.31. The Morgan fingerprint density at radius 1 is 1.21 bits per heavy atom. The number of hydrogen-bond donors (Lipinski definition) is 1. The minimum Gasteiger partial charge on any atom is -0.441 e. The van der Waals surface area contributed by atoms with E-state index in [2.05, 4.69) is 20.2 Å². The first-order chi connectivity index (χ1) is 13.6. The van der Waals surface area contributed by atoms with E-state index in [-0.39, 0.29) is 5.56 Å². The van der Waals surface area contributed by atoms with E-state index in [9.17, 15) is 4.79 Å². The summed E-state index contributed by atoms with van der Waals surface area (Å²) in [5.74, 6) is 1.14. The molecule has 0 aliphatic carbocycles. The molecule has 5 aromatic rings. The fourth-order valence-corrected chi connectivity index (χ4v) is 3.61. The second-order valence-corrected chi connectivity index (χ2v) is 6.72. The molecule has 0 atom stereocenters. The van der Waals surface area contributed by atoms with Crippen LogP contribution in [0.1, 0.15) is 18.4 Å². The predicted molar refractivity (Wildman–Crippen MR) is 105 cm³/mol. The van der Waals surface area contributed by atoms with Gasteiger partial charge in [-0.1, -0.05) is 12.1 Å². The highest BCUT2D eigenvalue weighted by Crippen LogP contribution is 2.30. The maximum atomic E-state index is 12.8. The molecular weight excluding hydrogens is 356 g/mol. The Kier molecular flexibility index (Phi) is 3.48. The minimum atomic E-state index is -0.221. The van der Waals surface area contributed by atoms with Gasteiger partial charge in [0.15, 0.2) is 5.65 Å². The maximum Gasteiger partial charge on any atom is 0.274 e. The summed E-state index contributed by atoms with van der Waals surface area (Å²) in [4.78, 5) is 20.5. The Balaban J connectivity index is 1.81. The van der Waals surface area contributed by atoms with Gasteiger partial charge in [-0.05, 0) is 26.8 Å². The standard InChI is InChI=1S/C20H18N6O2/c1-4-25-16-7-5-6-13(14(16)10-22-25)15-8-17(27)26-19(23-15)18(12(3)24-26)20-21-9-11(2)28-20/h5-10,23H,4H2,1-3H3. The molecule has 0 fully saturated rings. The highest BCUT2D eigenvalue weighted by Gasteiger charge is 2.20. The molecule has 140 valence electrons. The SMILES string of the molecule is CCn1ncc2c(-c3cc(=O)n4nc(C)c(-c5ncc(C)o5)c4[nH]3)cccc21. The van der Waals surface area contributed by atoms with Crippen molar-refractivity contribution < 1.29 is 4.42 Å². The van der Waals surface area contributed by atoms with Crippen molar-refractivity contribution in [3.8, 4) is 22.7 Å². The summed E-state index contributed by atoms with van der Waals surface area (Å²) in [7, 11) is 0. The summed E-state index contributed by atoms with van der Waals surface area (Å²) in [6, 6.07) is 7.52. The van der Waals surface area contributed by atoms with Crippen molar-refractivity contribution in [1.29, 1.82) is 0 Å². The van der Waals surface area contributed by atoms with Crippen molar-refractivity contribution in [3.63, 3.8) is 0 Å². The summed E-state index contributed by atoms with van der Waals surface area (Å²) in [5, 5.41) is 9.79. The molecule has 8 nitrogen and oxygen atoms in total. The fourth-order valence-electron chi connectivity index (χ4n) is 3.61. The quantitative estimate of drug-likeness (QED) is 0.523. The number of aryl methyl sites for hydroxylation is 3. The Morgan fingerprint density at radius 3 is 2.82 bits per heavy atom. The Bertz CT molecular complexity index is 1400. The van der Waals surface area contributed by atoms with Crippen LogP contribution in [0.5, 0.6) is 0 Å². The van der Waals surface area contributed by atoms with Crippen LogP contribution in [0.25, 0.3) is 39.3 Å². The molecular formula is C20H18N6O2. The van der Waals surface area contributed by atoms with Crippen molar-refractivity contribution in [2.24, 2.45) is 0 Å². The van der Waals surface area contributed by atoms with E-state index < -0.39 is 0 Å². The minimum absolute atomic E-state index is 0.221. The number of benzene rings is 1. The average Bonchev–Trinajstić information content (AvgIpc) is 3.37. The van der Waals surface area contributed by atoms with E-state index in [1.807, 2.05) is 49.8 Å². The highest BCUT2D eigenvalue weighted by molar-refractivity contribution is 5.94. The number of nitrogens with zero attached hydrogens (tertiary/aromatic N) is 5. The van der Waals surface area contributed by atoms with Crippen LogP contribution < -0.4 is 5.56 Å². The monoisotopic (exact) mass is 374 g/mol. The first-order valence-electron chi connectivity index (χ1n) is 9.07. The molecule has 0 spiro atoms. The summed E-state index contributed by atoms with van der Waals surface area (Å²) in [6.07, 6.45) is 3.48. The summed E-state index contributed by atoms with van der Waals surface area (Å²) in [6.45, 7) is 6.49. The van der Waals surface area contributed by atoms with Gasteiger partial charge in [0.25, 0.3) is 5.56 Å². The zero-order valence-electron chi connectivity index (χ0n) is 15.7. The number of H-pyrrole nitrogens is 1. The molecule has 0 bridgehead atoms. The fraction of sp³-hybridized carbons (Fsp3) is 0.200. The molecule has 1 N–H and O–H groups in total. The predicted octanol–water partition coefficient (Wildman–Crippen LogP) is 3.33. The number of rotatable bonds is 3. The normalized spacial score (nSPS) is 11.7.